The van der Waals surface area contributed by atoms with Gasteiger partial charge >= 0.3 is 12.1 Å². The van der Waals surface area contributed by atoms with E-state index in [4.69, 9.17) is 14.2 Å². The third kappa shape index (κ3) is 7.95. The predicted molar refractivity (Wildman–Crippen MR) is 185 cm³/mol. The van der Waals surface area contributed by atoms with Crippen molar-refractivity contribution in [2.45, 2.75) is 75.2 Å². The molecule has 0 saturated carbocycles. The number of hydrogen-bond acceptors (Lipinski definition) is 8. The molecule has 3 heterocycles. The molecule has 53 heavy (non-hydrogen) atoms. The first kappa shape index (κ1) is 39.1. The summed E-state index contributed by atoms with van der Waals surface area (Å²) in [6, 6.07) is 12.0. The predicted octanol–water partition coefficient (Wildman–Crippen LogP) is 6.04. The Bertz CT molecular complexity index is 1760. The molecule has 3 aliphatic rings. The van der Waals surface area contributed by atoms with Gasteiger partial charge < -0.3 is 24.4 Å². The number of hydrogen-bond donors (Lipinski definition) is 3. The van der Waals surface area contributed by atoms with Crippen LogP contribution in [0, 0.1) is 5.41 Å². The Hall–Kier alpha value is -3.63. The van der Waals surface area contributed by atoms with Crippen molar-refractivity contribution in [2.75, 3.05) is 53.6 Å². The number of methoxy groups -OCH3 is 2. The van der Waals surface area contributed by atoms with Crippen LogP contribution in [0.25, 0.3) is 21.9 Å². The lowest BCUT2D eigenvalue weighted by Gasteiger charge is -2.47. The number of likely N-dealkylation sites (tertiary alicyclic amines) is 2. The average molecular weight is 754 g/mol. The topological polar surface area (TPSA) is 104 Å². The molecule has 3 aromatic rings. The van der Waals surface area contributed by atoms with Gasteiger partial charge in [-0.25, -0.2) is 13.2 Å². The summed E-state index contributed by atoms with van der Waals surface area (Å²) in [5.41, 5.74) is -0.109. The molecule has 290 valence electrons. The Kier molecular flexibility index (Phi) is 11.5. The highest BCUT2D eigenvalue weighted by atomic mass is 19.4. The van der Waals surface area contributed by atoms with Crippen molar-refractivity contribution < 1.29 is 55.6 Å². The van der Waals surface area contributed by atoms with E-state index in [1.54, 1.807) is 35.2 Å². The van der Waals surface area contributed by atoms with Crippen LogP contribution in [-0.2, 0) is 22.5 Å². The number of nitrogens with one attached hydrogen (secondary N) is 1. The monoisotopic (exact) mass is 753 g/mol. The number of benzene rings is 3. The van der Waals surface area contributed by atoms with Crippen LogP contribution in [0.3, 0.4) is 0 Å². The first-order valence-electron chi connectivity index (χ1n) is 17.7. The molecule has 3 N–H and O–H groups in total. The number of fused-ring (bicyclic) bond motifs is 1. The van der Waals surface area contributed by atoms with E-state index in [-0.39, 0.29) is 58.7 Å². The summed E-state index contributed by atoms with van der Waals surface area (Å²) in [6.07, 6.45) is -10.3. The van der Waals surface area contributed by atoms with Gasteiger partial charge in [0, 0.05) is 38.0 Å². The zero-order valence-electron chi connectivity index (χ0n) is 29.6. The Labute approximate surface area is 303 Å². The maximum atomic E-state index is 14.7. The minimum Gasteiger partial charge on any atom is -0.496 e. The Morgan fingerprint density at radius 2 is 1.62 bits per heavy atom. The SMILES string of the molecule is COc1ccc(CN2CCC(F)(F)CC2)c(OC)c1-c1cccc2c(C[C@H](NC(O)C3(C(F)(F)F)CCN([C@H]4COC[C@H]4F)CC3)C(=O)O)cccc12. The van der Waals surface area contributed by atoms with E-state index < -0.39 is 60.8 Å². The molecule has 9 nitrogen and oxygen atoms in total. The van der Waals surface area contributed by atoms with Gasteiger partial charge in [0.1, 0.15) is 35.4 Å². The molecule has 0 bridgehead atoms. The van der Waals surface area contributed by atoms with E-state index in [2.05, 4.69) is 5.32 Å². The van der Waals surface area contributed by atoms with Crippen molar-refractivity contribution in [1.82, 2.24) is 15.1 Å². The maximum Gasteiger partial charge on any atom is 0.398 e. The molecule has 0 aliphatic carbocycles. The highest BCUT2D eigenvalue weighted by Crippen LogP contribution is 2.49. The first-order chi connectivity index (χ1) is 25.2. The van der Waals surface area contributed by atoms with Gasteiger partial charge in [-0.1, -0.05) is 42.5 Å². The lowest BCUT2D eigenvalue weighted by Crippen LogP contribution is -2.62. The van der Waals surface area contributed by atoms with Gasteiger partial charge in [-0.05, 0) is 60.3 Å². The van der Waals surface area contributed by atoms with Gasteiger partial charge in [0.2, 0.25) is 0 Å². The Balaban J connectivity index is 1.28. The number of aliphatic hydroxyl groups is 1. The van der Waals surface area contributed by atoms with Gasteiger partial charge in [-0.3, -0.25) is 19.9 Å². The van der Waals surface area contributed by atoms with Crippen molar-refractivity contribution in [3.05, 3.63) is 59.7 Å². The summed E-state index contributed by atoms with van der Waals surface area (Å²) < 4.78 is 103. The molecule has 3 aromatic carbocycles. The second-order valence-corrected chi connectivity index (χ2v) is 14.3. The highest BCUT2D eigenvalue weighted by molar-refractivity contribution is 6.01. The van der Waals surface area contributed by atoms with Crippen molar-refractivity contribution in [2.24, 2.45) is 5.41 Å². The number of aliphatic hydroxyl groups excluding tert-OH is 1. The van der Waals surface area contributed by atoms with Gasteiger partial charge in [0.05, 0.1) is 39.0 Å². The molecule has 4 atom stereocenters. The molecule has 0 radical (unpaired) electrons. The number of nitrogens with zero attached hydrogens (tertiary/aromatic N) is 2. The standard InChI is InChI=1S/C38H45F6N3O6/c1-51-31-10-9-24(20-46-15-13-37(40,41)14-16-46)33(52-2)32(31)27-8-4-6-25-23(5-3-7-26(25)27)19-29(34(48)49)45-35(50)36(38(42,43)44)11-17-47(18-12-36)30-22-53-21-28(30)39/h3-10,28-30,35,45,50H,11-22H2,1-2H3,(H,48,49)/t28-,29+,30+,35?/m1/s1. The third-order valence-corrected chi connectivity index (χ3v) is 11.2. The number of carboxylic acid groups (broad SMARTS) is 1. The minimum atomic E-state index is -4.88. The number of carbonyl (C=O) groups is 1. The normalized spacial score (nSPS) is 23.5. The zero-order chi connectivity index (χ0) is 38.1. The van der Waals surface area contributed by atoms with Crippen molar-refractivity contribution in [3.8, 4) is 22.6 Å². The summed E-state index contributed by atoms with van der Waals surface area (Å²) in [7, 11) is 3.02. The molecular weight excluding hydrogens is 708 g/mol. The van der Waals surface area contributed by atoms with Gasteiger partial charge in [-0.2, -0.15) is 13.2 Å². The molecule has 1 unspecified atom stereocenters. The van der Waals surface area contributed by atoms with Crippen LogP contribution in [0.2, 0.25) is 0 Å². The molecule has 3 aliphatic heterocycles. The summed E-state index contributed by atoms with van der Waals surface area (Å²) in [5, 5.41) is 25.1. The Morgan fingerprint density at radius 1 is 0.943 bits per heavy atom. The van der Waals surface area contributed by atoms with Gasteiger partial charge in [0.15, 0.2) is 0 Å². The van der Waals surface area contributed by atoms with Crippen molar-refractivity contribution in [1.29, 1.82) is 0 Å². The first-order valence-corrected chi connectivity index (χ1v) is 17.7. The number of ether oxygens (including phenoxy) is 3. The van der Waals surface area contributed by atoms with Crippen LogP contribution in [0.4, 0.5) is 26.3 Å². The van der Waals surface area contributed by atoms with Crippen LogP contribution in [0.5, 0.6) is 11.5 Å². The van der Waals surface area contributed by atoms with Crippen LogP contribution < -0.4 is 14.8 Å². The lowest BCUT2D eigenvalue weighted by molar-refractivity contribution is -0.275. The summed E-state index contributed by atoms with van der Waals surface area (Å²) in [6.45, 7) is 0.480. The lowest BCUT2D eigenvalue weighted by atomic mass is 9.75. The van der Waals surface area contributed by atoms with E-state index in [0.29, 0.717) is 45.5 Å². The van der Waals surface area contributed by atoms with Crippen LogP contribution in [0.15, 0.2) is 48.5 Å². The van der Waals surface area contributed by atoms with E-state index >= 15 is 0 Å². The van der Waals surface area contributed by atoms with E-state index in [1.807, 2.05) is 23.1 Å². The van der Waals surface area contributed by atoms with Crippen LogP contribution in [-0.4, -0.2) is 116 Å². The summed E-state index contributed by atoms with van der Waals surface area (Å²) in [5.74, 6) is -3.17. The van der Waals surface area contributed by atoms with Gasteiger partial charge in [0.25, 0.3) is 5.92 Å². The summed E-state index contributed by atoms with van der Waals surface area (Å²) in [4.78, 5) is 16.1. The number of aliphatic carboxylic acids is 1. The largest absolute Gasteiger partial charge is 0.496 e. The molecule has 15 heteroatoms. The molecule has 0 amide bonds. The van der Waals surface area contributed by atoms with E-state index in [9.17, 15) is 41.4 Å². The van der Waals surface area contributed by atoms with Crippen molar-refractivity contribution in [3.63, 3.8) is 0 Å². The zero-order valence-corrected chi connectivity index (χ0v) is 29.6. The Morgan fingerprint density at radius 3 is 2.23 bits per heavy atom. The molecule has 3 fully saturated rings. The van der Waals surface area contributed by atoms with Gasteiger partial charge in [-0.15, -0.1) is 0 Å². The molecule has 6 rings (SSSR count). The number of piperidine rings is 2. The number of alkyl halides is 6. The second kappa shape index (κ2) is 15.6. The fourth-order valence-electron chi connectivity index (χ4n) is 8.05. The van der Waals surface area contributed by atoms with Crippen molar-refractivity contribution >= 4 is 16.7 Å². The second-order valence-electron chi connectivity index (χ2n) is 14.3. The quantitative estimate of drug-likeness (QED) is 0.151. The van der Waals surface area contributed by atoms with E-state index in [1.165, 1.54) is 14.2 Å². The number of rotatable bonds is 12. The highest BCUT2D eigenvalue weighted by Gasteiger charge is 2.61. The average Bonchev–Trinajstić information content (AvgIpc) is 3.56. The van der Waals surface area contributed by atoms with Crippen LogP contribution >= 0.6 is 0 Å². The molecule has 0 aromatic heterocycles. The van der Waals surface area contributed by atoms with Crippen LogP contribution in [0.1, 0.15) is 36.8 Å². The smallest absolute Gasteiger partial charge is 0.398 e. The fourth-order valence-corrected chi connectivity index (χ4v) is 8.05. The molecule has 0 spiro atoms. The van der Waals surface area contributed by atoms with E-state index in [0.717, 1.165) is 5.56 Å². The minimum absolute atomic E-state index is 0.0716. The number of carboxylic acids is 1. The molecular formula is C38H45F6N3O6. The maximum absolute atomic E-state index is 14.7. The molecule has 3 saturated heterocycles. The number of halogens is 6. The fraction of sp³-hybridized carbons (Fsp3) is 0.553. The third-order valence-electron chi connectivity index (χ3n) is 11.2. The summed E-state index contributed by atoms with van der Waals surface area (Å²) >= 11 is 0.